The topological polar surface area (TPSA) is 81.6 Å². The van der Waals surface area contributed by atoms with Gasteiger partial charge in [0.2, 0.25) is 0 Å². The van der Waals surface area contributed by atoms with Crippen LogP contribution in [-0.2, 0) is 9.47 Å². The Morgan fingerprint density at radius 3 is 2.32 bits per heavy atom. The number of aliphatic hydroxyl groups is 1. The van der Waals surface area contributed by atoms with Crippen LogP contribution in [0.2, 0.25) is 0 Å². The molecule has 0 amide bonds. The van der Waals surface area contributed by atoms with Crippen molar-refractivity contribution in [3.05, 3.63) is 0 Å². The number of morpholine rings is 1. The molecule has 2 aliphatic rings. The molecule has 2 fully saturated rings. The van der Waals surface area contributed by atoms with Crippen molar-refractivity contribution in [1.82, 2.24) is 20.4 Å². The number of halogens is 1. The second kappa shape index (κ2) is 12.5. The van der Waals surface area contributed by atoms with Crippen LogP contribution < -0.4 is 10.6 Å². The van der Waals surface area contributed by atoms with E-state index in [9.17, 15) is 5.11 Å². The Balaban J connectivity index is 0.00000392. The van der Waals surface area contributed by atoms with Crippen LogP contribution in [0.25, 0.3) is 0 Å². The van der Waals surface area contributed by atoms with Crippen LogP contribution in [0.3, 0.4) is 0 Å². The van der Waals surface area contributed by atoms with E-state index in [2.05, 4.69) is 46.4 Å². The van der Waals surface area contributed by atoms with Crippen LogP contribution >= 0.6 is 24.0 Å². The van der Waals surface area contributed by atoms with E-state index in [0.717, 1.165) is 71.4 Å². The SMILES string of the molecule is CCNC(=NCC(C)(O)CN1CCOCC1)NCC1(N(C)C)CCOCC1.I. The third kappa shape index (κ3) is 8.27. The summed E-state index contributed by atoms with van der Waals surface area (Å²) in [6, 6.07) is 0. The number of likely N-dealkylation sites (N-methyl/N-ethyl adjacent to an activating group) is 1. The number of hydrogen-bond donors (Lipinski definition) is 3. The number of ether oxygens (including phenoxy) is 2. The van der Waals surface area contributed by atoms with Gasteiger partial charge in [-0.2, -0.15) is 0 Å². The summed E-state index contributed by atoms with van der Waals surface area (Å²) in [4.78, 5) is 9.19. The first-order chi connectivity index (χ1) is 12.9. The van der Waals surface area contributed by atoms with Gasteiger partial charge in [-0.1, -0.05) is 0 Å². The van der Waals surface area contributed by atoms with Crippen LogP contribution in [0.4, 0.5) is 0 Å². The monoisotopic (exact) mass is 513 g/mol. The summed E-state index contributed by atoms with van der Waals surface area (Å²) in [5, 5.41) is 17.6. The van der Waals surface area contributed by atoms with Gasteiger partial charge in [0.1, 0.15) is 0 Å². The molecule has 2 heterocycles. The standard InChI is InChI=1S/C19H39N5O3.HI/c1-5-20-17(22-15-19(23(3)4)6-10-26-11-7-19)21-14-18(2,25)16-24-8-12-27-13-9-24;/h25H,5-16H2,1-4H3,(H2,20,21,22);1H. The van der Waals surface area contributed by atoms with Crippen LogP contribution in [0.5, 0.6) is 0 Å². The van der Waals surface area contributed by atoms with E-state index in [4.69, 9.17) is 9.47 Å². The zero-order chi connectivity index (χ0) is 19.8. The second-order valence-electron chi connectivity index (χ2n) is 8.17. The minimum Gasteiger partial charge on any atom is -0.387 e. The van der Waals surface area contributed by atoms with Crippen molar-refractivity contribution in [2.75, 3.05) is 79.8 Å². The molecule has 2 aliphatic heterocycles. The molecule has 1 atom stereocenters. The van der Waals surface area contributed by atoms with Crippen molar-refractivity contribution in [3.8, 4) is 0 Å². The highest BCUT2D eigenvalue weighted by Crippen LogP contribution is 2.25. The molecule has 0 radical (unpaired) electrons. The molecule has 0 aromatic heterocycles. The van der Waals surface area contributed by atoms with E-state index < -0.39 is 5.60 Å². The quantitative estimate of drug-likeness (QED) is 0.246. The van der Waals surface area contributed by atoms with E-state index in [1.165, 1.54) is 0 Å². The zero-order valence-electron chi connectivity index (χ0n) is 18.0. The fourth-order valence-corrected chi connectivity index (χ4v) is 3.66. The lowest BCUT2D eigenvalue weighted by Gasteiger charge is -2.43. The molecular formula is C19H40IN5O3. The van der Waals surface area contributed by atoms with Gasteiger partial charge in [0.05, 0.1) is 25.4 Å². The molecule has 9 heteroatoms. The van der Waals surface area contributed by atoms with Gasteiger partial charge in [0.15, 0.2) is 5.96 Å². The second-order valence-corrected chi connectivity index (χ2v) is 8.17. The Morgan fingerprint density at radius 2 is 1.75 bits per heavy atom. The summed E-state index contributed by atoms with van der Waals surface area (Å²) in [6.07, 6.45) is 2.00. The van der Waals surface area contributed by atoms with Crippen molar-refractivity contribution >= 4 is 29.9 Å². The predicted octanol–water partition coefficient (Wildman–Crippen LogP) is 0.354. The van der Waals surface area contributed by atoms with E-state index >= 15 is 0 Å². The highest BCUT2D eigenvalue weighted by atomic mass is 127. The van der Waals surface area contributed by atoms with Crippen LogP contribution in [-0.4, -0.2) is 112 Å². The van der Waals surface area contributed by atoms with Gasteiger partial charge >= 0.3 is 0 Å². The van der Waals surface area contributed by atoms with Gasteiger partial charge in [-0.25, -0.2) is 0 Å². The normalized spacial score (nSPS) is 23.0. The lowest BCUT2D eigenvalue weighted by molar-refractivity contribution is -0.0180. The molecule has 28 heavy (non-hydrogen) atoms. The maximum atomic E-state index is 10.8. The third-order valence-electron chi connectivity index (χ3n) is 5.55. The molecule has 0 aromatic carbocycles. The first-order valence-corrected chi connectivity index (χ1v) is 10.2. The number of hydrogen-bond acceptors (Lipinski definition) is 6. The summed E-state index contributed by atoms with van der Waals surface area (Å²) in [6.45, 7) is 11.3. The summed E-state index contributed by atoms with van der Waals surface area (Å²) in [5.74, 6) is 0.757. The minimum atomic E-state index is -0.863. The van der Waals surface area contributed by atoms with Crippen molar-refractivity contribution in [1.29, 1.82) is 0 Å². The summed E-state index contributed by atoms with van der Waals surface area (Å²) in [5.41, 5.74) is -0.789. The molecule has 0 saturated carbocycles. The van der Waals surface area contributed by atoms with Crippen molar-refractivity contribution in [3.63, 3.8) is 0 Å². The molecular weight excluding hydrogens is 473 g/mol. The molecule has 0 aromatic rings. The zero-order valence-corrected chi connectivity index (χ0v) is 20.3. The molecule has 0 spiro atoms. The number of aliphatic imine (C=N–C) groups is 1. The third-order valence-corrected chi connectivity index (χ3v) is 5.55. The molecule has 2 saturated heterocycles. The summed E-state index contributed by atoms with van der Waals surface area (Å²) in [7, 11) is 4.26. The lowest BCUT2D eigenvalue weighted by Crippen LogP contribution is -2.57. The molecule has 0 aliphatic carbocycles. The molecule has 0 bridgehead atoms. The van der Waals surface area contributed by atoms with Crippen molar-refractivity contribution in [2.24, 2.45) is 4.99 Å². The first-order valence-electron chi connectivity index (χ1n) is 10.2. The van der Waals surface area contributed by atoms with Crippen molar-refractivity contribution < 1.29 is 14.6 Å². The summed E-state index contributed by atoms with van der Waals surface area (Å²) >= 11 is 0. The molecule has 2 rings (SSSR count). The van der Waals surface area contributed by atoms with Gasteiger partial charge in [-0.3, -0.25) is 9.89 Å². The number of nitrogens with one attached hydrogen (secondary N) is 2. The van der Waals surface area contributed by atoms with Gasteiger partial charge in [0, 0.05) is 51.5 Å². The number of guanidine groups is 1. The smallest absolute Gasteiger partial charge is 0.191 e. The Hall–Kier alpha value is -0.200. The largest absolute Gasteiger partial charge is 0.387 e. The van der Waals surface area contributed by atoms with Crippen molar-refractivity contribution in [2.45, 2.75) is 37.8 Å². The number of β-amino-alcohol motifs (C(OH)–C–C–N with tert-alkyl or cyclic N) is 1. The van der Waals surface area contributed by atoms with E-state index in [0.29, 0.717) is 13.1 Å². The minimum absolute atomic E-state index is 0. The highest BCUT2D eigenvalue weighted by Gasteiger charge is 2.35. The fraction of sp³-hybridized carbons (Fsp3) is 0.947. The molecule has 3 N–H and O–H groups in total. The Bertz CT molecular complexity index is 464. The molecule has 1 unspecified atom stereocenters. The Morgan fingerprint density at radius 1 is 1.14 bits per heavy atom. The predicted molar refractivity (Wildman–Crippen MR) is 124 cm³/mol. The maximum Gasteiger partial charge on any atom is 0.191 e. The van der Waals surface area contributed by atoms with E-state index in [-0.39, 0.29) is 29.5 Å². The van der Waals surface area contributed by atoms with Gasteiger partial charge in [-0.15, -0.1) is 24.0 Å². The van der Waals surface area contributed by atoms with Crippen LogP contribution in [0.15, 0.2) is 4.99 Å². The van der Waals surface area contributed by atoms with E-state index in [1.54, 1.807) is 0 Å². The van der Waals surface area contributed by atoms with Gasteiger partial charge < -0.3 is 30.1 Å². The van der Waals surface area contributed by atoms with Gasteiger partial charge in [0.25, 0.3) is 0 Å². The Labute approximate surface area is 187 Å². The highest BCUT2D eigenvalue weighted by molar-refractivity contribution is 14.0. The average molecular weight is 513 g/mol. The Kier molecular flexibility index (Phi) is 11.5. The van der Waals surface area contributed by atoms with Crippen LogP contribution in [0, 0.1) is 0 Å². The first kappa shape index (κ1) is 25.8. The van der Waals surface area contributed by atoms with Crippen LogP contribution in [0.1, 0.15) is 26.7 Å². The van der Waals surface area contributed by atoms with E-state index in [1.807, 2.05) is 6.92 Å². The molecule has 8 nitrogen and oxygen atoms in total. The summed E-state index contributed by atoms with van der Waals surface area (Å²) < 4.78 is 10.9. The average Bonchev–Trinajstić information content (AvgIpc) is 2.65. The fourth-order valence-electron chi connectivity index (χ4n) is 3.66. The molecule has 166 valence electrons. The maximum absolute atomic E-state index is 10.8. The van der Waals surface area contributed by atoms with Gasteiger partial charge in [-0.05, 0) is 40.8 Å². The number of nitrogens with zero attached hydrogens (tertiary/aromatic N) is 3. The lowest BCUT2D eigenvalue weighted by atomic mass is 9.88. The number of rotatable bonds is 8.